The number of rotatable bonds is 2. The summed E-state index contributed by atoms with van der Waals surface area (Å²) in [5.74, 6) is 0.00458. The lowest BCUT2D eigenvalue weighted by molar-refractivity contribution is 0.0590. The van der Waals surface area contributed by atoms with Gasteiger partial charge in [-0.3, -0.25) is 0 Å². The van der Waals surface area contributed by atoms with E-state index in [1.165, 1.54) is 19.8 Å². The highest BCUT2D eigenvalue weighted by atomic mass is 16.5. The topological polar surface area (TPSA) is 75.0 Å². The number of ether oxygens (including phenoxy) is 3. The third kappa shape index (κ3) is 3.58. The van der Waals surface area contributed by atoms with Crippen LogP contribution in [-0.2, 0) is 15.9 Å². The number of fused-ring (bicyclic) bond motifs is 2. The molecule has 6 heteroatoms. The molecule has 2 heterocycles. The van der Waals surface area contributed by atoms with Crippen LogP contribution in [0.25, 0.3) is 11.0 Å². The van der Waals surface area contributed by atoms with Crippen molar-refractivity contribution in [2.24, 2.45) is 0 Å². The van der Waals surface area contributed by atoms with Gasteiger partial charge in [-0.15, -0.1) is 0 Å². The molecule has 1 aliphatic rings. The summed E-state index contributed by atoms with van der Waals surface area (Å²) >= 11 is 0. The van der Waals surface area contributed by atoms with Crippen LogP contribution in [0.1, 0.15) is 37.4 Å². The normalized spacial score (nSPS) is 11.9. The number of hydrogen-bond acceptors (Lipinski definition) is 6. The molecule has 0 radical (unpaired) electrons. The van der Waals surface area contributed by atoms with E-state index in [1.807, 2.05) is 32.0 Å². The predicted molar refractivity (Wildman–Crippen MR) is 104 cm³/mol. The van der Waals surface area contributed by atoms with Gasteiger partial charge in [0.1, 0.15) is 22.5 Å². The highest BCUT2D eigenvalue weighted by Crippen LogP contribution is 2.32. The molecule has 1 aromatic heterocycles. The van der Waals surface area contributed by atoms with Gasteiger partial charge in [-0.1, -0.05) is 12.1 Å². The molecule has 0 spiro atoms. The first-order valence-corrected chi connectivity index (χ1v) is 8.86. The van der Waals surface area contributed by atoms with E-state index in [0.717, 1.165) is 22.9 Å². The molecule has 0 unspecified atom stereocenters. The Morgan fingerprint density at radius 1 is 0.893 bits per heavy atom. The van der Waals surface area contributed by atoms with Crippen LogP contribution in [0.5, 0.6) is 5.75 Å². The van der Waals surface area contributed by atoms with Crippen LogP contribution < -0.4 is 4.74 Å². The largest absolute Gasteiger partial charge is 0.492 e. The highest BCUT2D eigenvalue weighted by molar-refractivity contribution is 6.02. The first-order chi connectivity index (χ1) is 13.5. The van der Waals surface area contributed by atoms with Gasteiger partial charge in [-0.2, -0.15) is 0 Å². The summed E-state index contributed by atoms with van der Waals surface area (Å²) in [7, 11) is 2.74. The van der Waals surface area contributed by atoms with Gasteiger partial charge >= 0.3 is 11.9 Å². The summed E-state index contributed by atoms with van der Waals surface area (Å²) in [5, 5.41) is 0.952. The fourth-order valence-corrected chi connectivity index (χ4v) is 3.20. The van der Waals surface area contributed by atoms with Crippen LogP contribution in [0.15, 0.2) is 41.0 Å². The molecule has 0 atom stereocenters. The van der Waals surface area contributed by atoms with Gasteiger partial charge in [0, 0.05) is 17.4 Å². The van der Waals surface area contributed by atoms with Crippen LogP contribution in [0.2, 0.25) is 0 Å². The minimum absolute atomic E-state index is 0.330. The first kappa shape index (κ1) is 19.5. The maximum Gasteiger partial charge on any atom is 0.341 e. The summed E-state index contributed by atoms with van der Waals surface area (Å²) in [4.78, 5) is 22.7. The van der Waals surface area contributed by atoms with Crippen molar-refractivity contribution >= 4 is 22.9 Å². The molecule has 146 valence electrons. The third-order valence-electron chi connectivity index (χ3n) is 4.74. The Hall–Kier alpha value is -3.28. The number of aryl methyl sites for hydroxylation is 2. The Morgan fingerprint density at radius 2 is 1.54 bits per heavy atom. The molecule has 6 nitrogen and oxygen atoms in total. The molecule has 2 aromatic carbocycles. The molecule has 28 heavy (non-hydrogen) atoms. The summed E-state index contributed by atoms with van der Waals surface area (Å²) in [6, 6.07) is 9.12. The molecule has 4 rings (SSSR count). The lowest BCUT2D eigenvalue weighted by Crippen LogP contribution is -2.04. The number of methoxy groups -OCH3 is 2. The van der Waals surface area contributed by atoms with Crippen molar-refractivity contribution in [3.63, 3.8) is 0 Å². The van der Waals surface area contributed by atoms with Crippen molar-refractivity contribution < 1.29 is 28.2 Å². The number of carbonyl (C=O) groups is 2. The van der Waals surface area contributed by atoms with Crippen LogP contribution in [0.4, 0.5) is 0 Å². The van der Waals surface area contributed by atoms with Crippen molar-refractivity contribution in [2.45, 2.75) is 20.3 Å². The van der Waals surface area contributed by atoms with Gasteiger partial charge in [-0.25, -0.2) is 9.59 Å². The third-order valence-corrected chi connectivity index (χ3v) is 4.74. The van der Waals surface area contributed by atoms with Crippen molar-refractivity contribution in [1.82, 2.24) is 0 Å². The second-order valence-electron chi connectivity index (χ2n) is 6.41. The number of carbonyl (C=O) groups excluding carboxylic acids is 2. The maximum absolute atomic E-state index is 11.4. The number of benzene rings is 2. The molecule has 0 saturated carbocycles. The molecular weight excluding hydrogens is 360 g/mol. The maximum atomic E-state index is 11.4. The van der Waals surface area contributed by atoms with Gasteiger partial charge in [0.2, 0.25) is 0 Å². The lowest BCUT2D eigenvalue weighted by atomic mass is 10.0. The van der Waals surface area contributed by atoms with E-state index < -0.39 is 0 Å². The van der Waals surface area contributed by atoms with Gasteiger partial charge < -0.3 is 18.6 Å². The highest BCUT2D eigenvalue weighted by Gasteiger charge is 2.22. The Labute approximate surface area is 163 Å². The Morgan fingerprint density at radius 3 is 2.25 bits per heavy atom. The molecule has 0 amide bonds. The molecular formula is C22H22O6. The van der Waals surface area contributed by atoms with E-state index in [-0.39, 0.29) is 11.9 Å². The van der Waals surface area contributed by atoms with E-state index >= 15 is 0 Å². The van der Waals surface area contributed by atoms with E-state index in [2.05, 4.69) is 9.47 Å². The van der Waals surface area contributed by atoms with Crippen molar-refractivity contribution in [3.8, 4) is 5.75 Å². The average Bonchev–Trinajstić information content (AvgIpc) is 3.38. The Kier molecular flexibility index (Phi) is 5.68. The number of hydrogen-bond donors (Lipinski definition) is 0. The van der Waals surface area contributed by atoms with Gasteiger partial charge in [-0.05, 0) is 43.2 Å². The summed E-state index contributed by atoms with van der Waals surface area (Å²) in [6.45, 7) is 4.65. The van der Waals surface area contributed by atoms with E-state index in [1.54, 1.807) is 18.4 Å². The average molecular weight is 382 g/mol. The number of furan rings is 1. The SMILES string of the molecule is COC(=O)c1ccc(C)c2c1OCC2.COC(=O)c1ccc(C)c2ccoc12. The molecule has 0 bridgehead atoms. The van der Waals surface area contributed by atoms with Crippen LogP contribution in [0.3, 0.4) is 0 Å². The second-order valence-corrected chi connectivity index (χ2v) is 6.41. The molecule has 0 fully saturated rings. The van der Waals surface area contributed by atoms with E-state index in [4.69, 9.17) is 9.15 Å². The fraction of sp³-hybridized carbons (Fsp3) is 0.273. The minimum Gasteiger partial charge on any atom is -0.492 e. The quantitative estimate of drug-likeness (QED) is 0.617. The standard InChI is InChI=1S/C11H12O3.C11H10O3/c2*1-7-3-4-9(11(12)13-2)10-8(7)5-6-14-10/h3-4H,5-6H2,1-2H3;3-6H,1-2H3. The second kappa shape index (κ2) is 8.17. The van der Waals surface area contributed by atoms with Crippen molar-refractivity contribution in [2.75, 3.05) is 20.8 Å². The summed E-state index contributed by atoms with van der Waals surface area (Å²) in [5.41, 5.74) is 4.99. The van der Waals surface area contributed by atoms with Gasteiger partial charge in [0.15, 0.2) is 0 Å². The van der Waals surface area contributed by atoms with Gasteiger partial charge in [0.05, 0.1) is 27.1 Å². The number of esters is 2. The molecule has 3 aromatic rings. The smallest absolute Gasteiger partial charge is 0.341 e. The zero-order chi connectivity index (χ0) is 20.3. The molecule has 1 aliphatic heterocycles. The zero-order valence-electron chi connectivity index (χ0n) is 16.3. The lowest BCUT2D eigenvalue weighted by Gasteiger charge is -2.07. The molecule has 0 N–H and O–H groups in total. The van der Waals surface area contributed by atoms with Crippen LogP contribution in [0, 0.1) is 13.8 Å². The molecule has 0 aliphatic carbocycles. The Balaban J connectivity index is 0.000000161. The molecule has 0 saturated heterocycles. The fourth-order valence-electron chi connectivity index (χ4n) is 3.20. The predicted octanol–water partition coefficient (Wildman–Crippen LogP) is 4.24. The van der Waals surface area contributed by atoms with Crippen molar-refractivity contribution in [3.05, 3.63) is 64.4 Å². The van der Waals surface area contributed by atoms with Crippen LogP contribution in [-0.4, -0.2) is 32.8 Å². The zero-order valence-corrected chi connectivity index (χ0v) is 16.3. The Bertz CT molecular complexity index is 1030. The van der Waals surface area contributed by atoms with Crippen LogP contribution >= 0.6 is 0 Å². The van der Waals surface area contributed by atoms with E-state index in [0.29, 0.717) is 29.1 Å². The van der Waals surface area contributed by atoms with E-state index in [9.17, 15) is 9.59 Å². The first-order valence-electron chi connectivity index (χ1n) is 8.86. The monoisotopic (exact) mass is 382 g/mol. The van der Waals surface area contributed by atoms with Gasteiger partial charge in [0.25, 0.3) is 0 Å². The van der Waals surface area contributed by atoms with Crippen molar-refractivity contribution in [1.29, 1.82) is 0 Å². The summed E-state index contributed by atoms with van der Waals surface area (Å²) < 4.78 is 20.0. The minimum atomic E-state index is -0.370. The summed E-state index contributed by atoms with van der Waals surface area (Å²) in [6.07, 6.45) is 2.45.